The van der Waals surface area contributed by atoms with E-state index in [-0.39, 0.29) is 5.82 Å². The number of fused-ring (bicyclic) bond motifs is 1. The Morgan fingerprint density at radius 2 is 2.31 bits per heavy atom. The summed E-state index contributed by atoms with van der Waals surface area (Å²) in [6, 6.07) is 0. The maximum Gasteiger partial charge on any atom is 0.372 e. The van der Waals surface area contributed by atoms with Gasteiger partial charge in [-0.3, -0.25) is 4.40 Å². The van der Waals surface area contributed by atoms with Crippen molar-refractivity contribution in [1.29, 1.82) is 0 Å². The van der Waals surface area contributed by atoms with Crippen LogP contribution in [-0.2, 0) is 0 Å². The Morgan fingerprint density at radius 1 is 1.62 bits per heavy atom. The molecule has 2 aromatic rings. The third-order valence-electron chi connectivity index (χ3n) is 2.02. The highest BCUT2D eigenvalue weighted by Gasteiger charge is 2.15. The van der Waals surface area contributed by atoms with Gasteiger partial charge in [0.15, 0.2) is 0 Å². The van der Waals surface area contributed by atoms with E-state index < -0.39 is 5.97 Å². The number of carbonyl (C=O) groups is 1. The Morgan fingerprint density at radius 3 is 2.92 bits per heavy atom. The predicted octanol–water partition coefficient (Wildman–Crippen LogP) is 1.71. The second kappa shape index (κ2) is 2.56. The van der Waals surface area contributed by atoms with E-state index in [4.69, 9.17) is 5.11 Å². The first-order valence-electron chi connectivity index (χ1n) is 3.78. The van der Waals surface area contributed by atoms with Gasteiger partial charge in [-0.2, -0.15) is 0 Å². The normalized spacial score (nSPS) is 10.9. The van der Waals surface area contributed by atoms with Crippen LogP contribution >= 0.6 is 11.3 Å². The molecule has 0 aliphatic heterocycles. The summed E-state index contributed by atoms with van der Waals surface area (Å²) in [5, 5.41) is 8.83. The number of aromatic carboxylic acids is 1. The van der Waals surface area contributed by atoms with Crippen LogP contribution in [0.25, 0.3) is 4.83 Å². The molecule has 4 nitrogen and oxygen atoms in total. The van der Waals surface area contributed by atoms with Gasteiger partial charge >= 0.3 is 5.97 Å². The fourth-order valence-electron chi connectivity index (χ4n) is 1.27. The van der Waals surface area contributed by atoms with Gasteiger partial charge in [0, 0.05) is 10.6 Å². The number of imidazole rings is 1. The second-order valence-corrected chi connectivity index (χ2v) is 4.04. The van der Waals surface area contributed by atoms with Gasteiger partial charge in [0.25, 0.3) is 0 Å². The second-order valence-electron chi connectivity index (χ2n) is 2.80. The number of carboxylic acids is 1. The Balaban J connectivity index is 2.85. The molecular weight excluding hydrogens is 188 g/mol. The highest BCUT2D eigenvalue weighted by atomic mass is 32.1. The minimum Gasteiger partial charge on any atom is -0.475 e. The number of rotatable bonds is 1. The molecule has 0 aromatic carbocycles. The Bertz CT molecular complexity index is 484. The molecule has 0 aliphatic rings. The summed E-state index contributed by atoms with van der Waals surface area (Å²) < 4.78 is 1.67. The van der Waals surface area contributed by atoms with Crippen LogP contribution in [0.1, 0.15) is 21.2 Å². The number of thiazole rings is 1. The van der Waals surface area contributed by atoms with Crippen LogP contribution in [0.2, 0.25) is 0 Å². The number of hydrogen-bond acceptors (Lipinski definition) is 3. The first-order chi connectivity index (χ1) is 6.11. The lowest BCUT2D eigenvalue weighted by Gasteiger charge is -1.94. The molecule has 0 unspecified atom stereocenters. The minimum absolute atomic E-state index is 0.0943. The van der Waals surface area contributed by atoms with Crippen LogP contribution in [0.4, 0.5) is 0 Å². The number of aromatic nitrogens is 2. The summed E-state index contributed by atoms with van der Waals surface area (Å²) in [5.74, 6) is -0.891. The van der Waals surface area contributed by atoms with Gasteiger partial charge in [-0.25, -0.2) is 9.78 Å². The van der Waals surface area contributed by atoms with Gasteiger partial charge in [0.1, 0.15) is 4.83 Å². The summed E-state index contributed by atoms with van der Waals surface area (Å²) in [4.78, 5) is 16.6. The number of aryl methyl sites for hydroxylation is 2. The Kier molecular flexibility index (Phi) is 1.63. The first kappa shape index (κ1) is 8.25. The van der Waals surface area contributed by atoms with Gasteiger partial charge in [-0.15, -0.1) is 11.3 Å². The van der Waals surface area contributed by atoms with Crippen molar-refractivity contribution in [2.75, 3.05) is 0 Å². The van der Waals surface area contributed by atoms with E-state index in [9.17, 15) is 4.79 Å². The van der Waals surface area contributed by atoms with E-state index >= 15 is 0 Å². The maximum absolute atomic E-state index is 10.8. The van der Waals surface area contributed by atoms with E-state index in [1.165, 1.54) is 0 Å². The van der Waals surface area contributed by atoms with Crippen molar-refractivity contribution in [3.05, 3.63) is 22.6 Å². The fourth-order valence-corrected chi connectivity index (χ4v) is 2.24. The van der Waals surface area contributed by atoms with Gasteiger partial charge in [0.2, 0.25) is 5.82 Å². The van der Waals surface area contributed by atoms with Crippen molar-refractivity contribution in [3.8, 4) is 0 Å². The molecule has 0 bridgehead atoms. The molecule has 0 fully saturated rings. The van der Waals surface area contributed by atoms with Crippen LogP contribution in [0, 0.1) is 13.8 Å². The fraction of sp³-hybridized carbons (Fsp3) is 0.250. The maximum atomic E-state index is 10.8. The average Bonchev–Trinajstić information content (AvgIpc) is 2.55. The Hall–Kier alpha value is -1.36. The van der Waals surface area contributed by atoms with Crippen molar-refractivity contribution in [2.45, 2.75) is 13.8 Å². The van der Waals surface area contributed by atoms with Gasteiger partial charge in [-0.1, -0.05) is 0 Å². The summed E-state index contributed by atoms with van der Waals surface area (Å²) in [5.41, 5.74) is 0.954. The van der Waals surface area contributed by atoms with Crippen LogP contribution < -0.4 is 0 Å². The largest absolute Gasteiger partial charge is 0.475 e. The molecule has 68 valence electrons. The SMILES string of the molecule is Cc1sc2cnc(C(=O)O)n2c1C. The molecule has 0 spiro atoms. The third kappa shape index (κ3) is 1.04. The van der Waals surface area contributed by atoms with Crippen LogP contribution in [0.3, 0.4) is 0 Å². The lowest BCUT2D eigenvalue weighted by Crippen LogP contribution is -2.04. The molecule has 13 heavy (non-hydrogen) atoms. The van der Waals surface area contributed by atoms with Crippen molar-refractivity contribution < 1.29 is 9.90 Å². The lowest BCUT2D eigenvalue weighted by molar-refractivity contribution is 0.0682. The van der Waals surface area contributed by atoms with E-state index in [0.717, 1.165) is 15.4 Å². The Labute approximate surface area is 78.5 Å². The molecular formula is C8H8N2O2S. The zero-order valence-electron chi connectivity index (χ0n) is 7.24. The van der Waals surface area contributed by atoms with Crippen LogP contribution in [0.15, 0.2) is 6.20 Å². The zero-order chi connectivity index (χ0) is 9.59. The monoisotopic (exact) mass is 196 g/mol. The van der Waals surface area contributed by atoms with E-state index in [0.29, 0.717) is 0 Å². The molecule has 0 amide bonds. The van der Waals surface area contributed by atoms with E-state index in [2.05, 4.69) is 4.98 Å². The zero-order valence-corrected chi connectivity index (χ0v) is 8.05. The molecule has 5 heteroatoms. The number of hydrogen-bond donors (Lipinski definition) is 1. The quantitative estimate of drug-likeness (QED) is 0.755. The molecule has 0 saturated carbocycles. The summed E-state index contributed by atoms with van der Waals surface area (Å²) in [7, 11) is 0. The van der Waals surface area contributed by atoms with Crippen LogP contribution in [0.5, 0.6) is 0 Å². The number of carboxylic acid groups (broad SMARTS) is 1. The van der Waals surface area contributed by atoms with Crippen molar-refractivity contribution in [1.82, 2.24) is 9.38 Å². The molecule has 0 saturated heterocycles. The summed E-state index contributed by atoms with van der Waals surface area (Å²) in [6.45, 7) is 3.87. The summed E-state index contributed by atoms with van der Waals surface area (Å²) in [6.07, 6.45) is 1.59. The predicted molar refractivity (Wildman–Crippen MR) is 49.5 cm³/mol. The van der Waals surface area contributed by atoms with Crippen molar-refractivity contribution in [2.24, 2.45) is 0 Å². The molecule has 1 N–H and O–H groups in total. The average molecular weight is 196 g/mol. The van der Waals surface area contributed by atoms with E-state index in [1.807, 2.05) is 13.8 Å². The molecule has 0 atom stereocenters. The highest BCUT2D eigenvalue weighted by molar-refractivity contribution is 7.17. The standard InChI is InChI=1S/C8H8N2O2S/c1-4-5(2)13-6-3-9-7(8(11)12)10(4)6/h3H,1-2H3,(H,11,12). The molecule has 2 rings (SSSR count). The topological polar surface area (TPSA) is 54.6 Å². The summed E-state index contributed by atoms with van der Waals surface area (Å²) >= 11 is 1.55. The van der Waals surface area contributed by atoms with Gasteiger partial charge in [-0.05, 0) is 13.8 Å². The molecule has 2 heterocycles. The molecule has 0 radical (unpaired) electrons. The van der Waals surface area contributed by atoms with Crippen LogP contribution in [-0.4, -0.2) is 20.5 Å². The van der Waals surface area contributed by atoms with Crippen molar-refractivity contribution >= 4 is 22.1 Å². The number of nitrogens with zero attached hydrogens (tertiary/aromatic N) is 2. The third-order valence-corrected chi connectivity index (χ3v) is 3.12. The first-order valence-corrected chi connectivity index (χ1v) is 4.59. The van der Waals surface area contributed by atoms with Gasteiger partial charge < -0.3 is 5.11 Å². The van der Waals surface area contributed by atoms with Gasteiger partial charge in [0.05, 0.1) is 6.20 Å². The molecule has 2 aromatic heterocycles. The smallest absolute Gasteiger partial charge is 0.372 e. The van der Waals surface area contributed by atoms with Crippen molar-refractivity contribution in [3.63, 3.8) is 0 Å². The molecule has 0 aliphatic carbocycles. The highest BCUT2D eigenvalue weighted by Crippen LogP contribution is 2.23. The minimum atomic E-state index is -0.985. The van der Waals surface area contributed by atoms with E-state index in [1.54, 1.807) is 21.9 Å². The lowest BCUT2D eigenvalue weighted by atomic mass is 10.4.